The van der Waals surface area contributed by atoms with E-state index in [-0.39, 0.29) is 0 Å². The number of guanidine groups is 1. The van der Waals surface area contributed by atoms with E-state index in [2.05, 4.69) is 22.5 Å². The van der Waals surface area contributed by atoms with E-state index >= 15 is 0 Å². The van der Waals surface area contributed by atoms with Crippen LogP contribution in [-0.4, -0.2) is 77.6 Å². The Morgan fingerprint density at radius 1 is 1.14 bits per heavy atom. The number of likely N-dealkylation sites (tertiary alicyclic amines) is 1. The number of hydrogen-bond acceptors (Lipinski definition) is 5. The highest BCUT2D eigenvalue weighted by Crippen LogP contribution is 2.19. The highest BCUT2D eigenvalue weighted by molar-refractivity contribution is 5.93. The molecule has 1 aliphatic heterocycles. The number of nitrogens with one attached hydrogen (secondary N) is 2. The van der Waals surface area contributed by atoms with Crippen molar-refractivity contribution in [2.45, 2.75) is 26.2 Å². The number of hydrogen-bond donors (Lipinski definition) is 2. The quantitative estimate of drug-likeness (QED) is 0.316. The van der Waals surface area contributed by atoms with Crippen LogP contribution in [-0.2, 0) is 9.47 Å². The van der Waals surface area contributed by atoms with Gasteiger partial charge in [0.2, 0.25) is 0 Å². The van der Waals surface area contributed by atoms with Crippen molar-refractivity contribution in [2.75, 3.05) is 72.1 Å². The highest BCUT2D eigenvalue weighted by Gasteiger charge is 2.18. The molecule has 0 bridgehead atoms. The number of anilines is 1. The van der Waals surface area contributed by atoms with Crippen LogP contribution in [0.4, 0.5) is 5.69 Å². The summed E-state index contributed by atoms with van der Waals surface area (Å²) in [5, 5.41) is 6.75. The Morgan fingerprint density at radius 2 is 1.93 bits per heavy atom. The number of nitrogens with zero attached hydrogens (tertiary/aromatic N) is 2. The first kappa shape index (κ1) is 23.4. The maximum Gasteiger partial charge on any atom is 0.195 e. The molecule has 1 aromatic rings. The predicted octanol–water partition coefficient (Wildman–Crippen LogP) is 2.84. The second-order valence-electron chi connectivity index (χ2n) is 7.35. The summed E-state index contributed by atoms with van der Waals surface area (Å²) >= 11 is 0. The average Bonchev–Trinajstić information content (AvgIpc) is 2.75. The van der Waals surface area contributed by atoms with Gasteiger partial charge in [0.25, 0.3) is 0 Å². The molecular formula is C22H38N4O3. The number of ether oxygens (including phenoxy) is 3. The van der Waals surface area contributed by atoms with Gasteiger partial charge in [-0.25, -0.2) is 0 Å². The van der Waals surface area contributed by atoms with E-state index in [1.54, 1.807) is 14.2 Å². The van der Waals surface area contributed by atoms with Crippen LogP contribution in [0.1, 0.15) is 26.2 Å². The molecule has 7 heteroatoms. The van der Waals surface area contributed by atoms with Gasteiger partial charge in [-0.15, -0.1) is 0 Å². The minimum atomic E-state index is 0.639. The van der Waals surface area contributed by atoms with Crippen molar-refractivity contribution < 1.29 is 14.2 Å². The number of piperidine rings is 1. The van der Waals surface area contributed by atoms with Crippen LogP contribution in [0, 0.1) is 5.92 Å². The lowest BCUT2D eigenvalue weighted by atomic mass is 9.97. The van der Waals surface area contributed by atoms with Crippen molar-refractivity contribution in [1.82, 2.24) is 10.2 Å². The molecule has 7 nitrogen and oxygen atoms in total. The summed E-state index contributed by atoms with van der Waals surface area (Å²) in [5.74, 6) is 2.32. The van der Waals surface area contributed by atoms with E-state index in [9.17, 15) is 0 Å². The fourth-order valence-electron chi connectivity index (χ4n) is 3.33. The molecule has 29 heavy (non-hydrogen) atoms. The molecule has 0 amide bonds. The number of aliphatic imine (C=N–C) groups is 1. The van der Waals surface area contributed by atoms with Gasteiger partial charge in [-0.3, -0.25) is 4.99 Å². The van der Waals surface area contributed by atoms with Crippen molar-refractivity contribution in [3.05, 3.63) is 24.3 Å². The van der Waals surface area contributed by atoms with Crippen LogP contribution in [0.15, 0.2) is 29.3 Å². The Hall–Kier alpha value is -1.83. The van der Waals surface area contributed by atoms with E-state index in [4.69, 9.17) is 19.2 Å². The van der Waals surface area contributed by atoms with Gasteiger partial charge in [-0.2, -0.15) is 0 Å². The maximum absolute atomic E-state index is 5.79. The number of benzene rings is 1. The Morgan fingerprint density at radius 3 is 2.66 bits per heavy atom. The number of methoxy groups -OCH3 is 2. The molecule has 0 spiro atoms. The molecule has 0 atom stereocenters. The van der Waals surface area contributed by atoms with Crippen molar-refractivity contribution in [3.63, 3.8) is 0 Å². The molecule has 1 saturated heterocycles. The minimum Gasteiger partial charge on any atom is -0.493 e. The lowest BCUT2D eigenvalue weighted by Crippen LogP contribution is -2.37. The van der Waals surface area contributed by atoms with Gasteiger partial charge in [0.15, 0.2) is 5.96 Å². The summed E-state index contributed by atoms with van der Waals surface area (Å²) in [6.07, 6.45) is 3.26. The Kier molecular flexibility index (Phi) is 11.5. The van der Waals surface area contributed by atoms with Crippen molar-refractivity contribution in [3.8, 4) is 5.75 Å². The van der Waals surface area contributed by atoms with Gasteiger partial charge in [0.1, 0.15) is 5.75 Å². The molecule has 2 rings (SSSR count). The fourth-order valence-corrected chi connectivity index (χ4v) is 3.33. The molecule has 1 heterocycles. The molecule has 2 N–H and O–H groups in total. The molecule has 164 valence electrons. The first-order valence-electron chi connectivity index (χ1n) is 10.7. The molecule has 0 unspecified atom stereocenters. The van der Waals surface area contributed by atoms with Gasteiger partial charge in [0, 0.05) is 58.6 Å². The zero-order valence-electron chi connectivity index (χ0n) is 18.3. The lowest BCUT2D eigenvalue weighted by molar-refractivity contribution is 0.121. The van der Waals surface area contributed by atoms with Crippen LogP contribution >= 0.6 is 0 Å². The third-order valence-corrected chi connectivity index (χ3v) is 5.03. The minimum absolute atomic E-state index is 0.639. The maximum atomic E-state index is 5.79. The smallest absolute Gasteiger partial charge is 0.195 e. The number of rotatable bonds is 12. The van der Waals surface area contributed by atoms with E-state index in [0.29, 0.717) is 19.1 Å². The molecule has 0 aromatic heterocycles. The Bertz CT molecular complexity index is 589. The van der Waals surface area contributed by atoms with Gasteiger partial charge < -0.3 is 29.7 Å². The second-order valence-corrected chi connectivity index (χ2v) is 7.35. The summed E-state index contributed by atoms with van der Waals surface area (Å²) in [7, 11) is 3.47. The van der Waals surface area contributed by atoms with Crippen molar-refractivity contribution in [1.29, 1.82) is 0 Å². The van der Waals surface area contributed by atoms with E-state index < -0.39 is 0 Å². The molecule has 1 aromatic carbocycles. The predicted molar refractivity (Wildman–Crippen MR) is 119 cm³/mol. The van der Waals surface area contributed by atoms with Gasteiger partial charge in [-0.1, -0.05) is 6.07 Å². The summed E-state index contributed by atoms with van der Waals surface area (Å²) in [6, 6.07) is 8.00. The van der Waals surface area contributed by atoms with Gasteiger partial charge >= 0.3 is 0 Å². The van der Waals surface area contributed by atoms with Gasteiger partial charge in [0.05, 0.1) is 13.2 Å². The third-order valence-electron chi connectivity index (χ3n) is 5.03. The molecule has 1 fully saturated rings. The van der Waals surface area contributed by atoms with E-state index in [1.807, 2.05) is 24.3 Å². The summed E-state index contributed by atoms with van der Waals surface area (Å²) in [4.78, 5) is 7.31. The summed E-state index contributed by atoms with van der Waals surface area (Å²) in [5.41, 5.74) is 0.975. The topological polar surface area (TPSA) is 67.4 Å². The SMILES string of the molecule is CCNC(=NCC1CCN(CCOC)CC1)Nc1cccc(OCCCOC)c1. The van der Waals surface area contributed by atoms with Crippen molar-refractivity contribution in [2.24, 2.45) is 10.9 Å². The largest absolute Gasteiger partial charge is 0.493 e. The van der Waals surface area contributed by atoms with Crippen molar-refractivity contribution >= 4 is 11.6 Å². The monoisotopic (exact) mass is 406 g/mol. The zero-order valence-corrected chi connectivity index (χ0v) is 18.3. The highest BCUT2D eigenvalue weighted by atomic mass is 16.5. The van der Waals surface area contributed by atoms with Crippen LogP contribution < -0.4 is 15.4 Å². The average molecular weight is 407 g/mol. The van der Waals surface area contributed by atoms with Crippen LogP contribution in [0.25, 0.3) is 0 Å². The molecule has 0 aliphatic carbocycles. The Labute approximate surface area is 175 Å². The second kappa shape index (κ2) is 14.2. The third kappa shape index (κ3) is 9.47. The lowest BCUT2D eigenvalue weighted by Gasteiger charge is -2.31. The zero-order chi connectivity index (χ0) is 20.7. The molecular weight excluding hydrogens is 368 g/mol. The molecule has 0 saturated carbocycles. The van der Waals surface area contributed by atoms with Crippen LogP contribution in [0.2, 0.25) is 0 Å². The van der Waals surface area contributed by atoms with Crippen LogP contribution in [0.5, 0.6) is 5.75 Å². The van der Waals surface area contributed by atoms with Gasteiger partial charge in [-0.05, 0) is 50.9 Å². The summed E-state index contributed by atoms with van der Waals surface area (Å²) in [6.45, 7) is 9.23. The first-order chi connectivity index (χ1) is 14.2. The summed E-state index contributed by atoms with van der Waals surface area (Å²) < 4.78 is 16.0. The molecule has 0 radical (unpaired) electrons. The normalized spacial score (nSPS) is 16.0. The molecule has 1 aliphatic rings. The Balaban J connectivity index is 1.83. The van der Waals surface area contributed by atoms with Crippen LogP contribution in [0.3, 0.4) is 0 Å². The standard InChI is InChI=1S/C22H38N4O3/c1-4-23-22(24-18-19-9-11-26(12-10-19)13-16-28-3)25-20-7-5-8-21(17-20)29-15-6-14-27-2/h5,7-8,17,19H,4,6,9-16,18H2,1-3H3,(H2,23,24,25). The first-order valence-corrected chi connectivity index (χ1v) is 10.7. The van der Waals surface area contributed by atoms with E-state index in [0.717, 1.165) is 63.1 Å². The fraction of sp³-hybridized carbons (Fsp3) is 0.682. The van der Waals surface area contributed by atoms with E-state index in [1.165, 1.54) is 12.8 Å².